The number of pyridine rings is 1. The monoisotopic (exact) mass is 289 g/mol. The van der Waals surface area contributed by atoms with Gasteiger partial charge >= 0.3 is 5.97 Å². The number of rotatable bonds is 3. The first-order valence-corrected chi connectivity index (χ1v) is 7.12. The fraction of sp³-hybridized carbons (Fsp3) is 0.375. The standard InChI is InChI=1S/C16H16FNO3/c17-13-7-3-6-12-14(19)8-11(9-15(20)21)18(16(12)13)10-4-1-2-5-10/h3,6-8,10H,1-2,4-5,9H2,(H,20,21). The van der Waals surface area contributed by atoms with Gasteiger partial charge in [0, 0.05) is 23.2 Å². The molecule has 1 aromatic carbocycles. The molecular weight excluding hydrogens is 273 g/mol. The molecule has 1 fully saturated rings. The average Bonchev–Trinajstić information content (AvgIpc) is 2.93. The SMILES string of the molecule is O=C(O)Cc1cc(=O)c2cccc(F)c2n1C1CCCC1. The summed E-state index contributed by atoms with van der Waals surface area (Å²) in [6.07, 6.45) is 3.59. The number of nitrogens with zero attached hydrogens (tertiary/aromatic N) is 1. The molecule has 0 unspecified atom stereocenters. The Bertz CT molecular complexity index is 760. The van der Waals surface area contributed by atoms with Crippen LogP contribution in [0.25, 0.3) is 10.9 Å². The average molecular weight is 289 g/mol. The minimum atomic E-state index is -1.02. The fourth-order valence-corrected chi connectivity index (χ4v) is 3.27. The number of hydrogen-bond acceptors (Lipinski definition) is 2. The highest BCUT2D eigenvalue weighted by atomic mass is 19.1. The quantitative estimate of drug-likeness (QED) is 0.945. The molecule has 2 aromatic rings. The molecule has 0 spiro atoms. The van der Waals surface area contributed by atoms with Crippen LogP contribution in [0.3, 0.4) is 0 Å². The van der Waals surface area contributed by atoms with Gasteiger partial charge in [-0.25, -0.2) is 4.39 Å². The number of carbonyl (C=O) groups is 1. The predicted octanol–water partition coefficient (Wildman–Crippen LogP) is 2.88. The minimum Gasteiger partial charge on any atom is -0.481 e. The molecule has 1 saturated carbocycles. The molecule has 0 aliphatic heterocycles. The second-order valence-corrected chi connectivity index (χ2v) is 5.51. The number of halogens is 1. The third-order valence-corrected chi connectivity index (χ3v) is 4.12. The summed E-state index contributed by atoms with van der Waals surface area (Å²) in [6, 6.07) is 5.83. The molecule has 0 bridgehead atoms. The molecule has 3 rings (SSSR count). The lowest BCUT2D eigenvalue weighted by atomic mass is 10.1. The lowest BCUT2D eigenvalue weighted by Crippen LogP contribution is -2.20. The summed E-state index contributed by atoms with van der Waals surface area (Å²) >= 11 is 0. The maximum Gasteiger partial charge on any atom is 0.309 e. The van der Waals surface area contributed by atoms with Crippen molar-refractivity contribution in [3.63, 3.8) is 0 Å². The third kappa shape index (κ3) is 2.44. The van der Waals surface area contributed by atoms with Crippen LogP contribution in [-0.4, -0.2) is 15.6 Å². The summed E-state index contributed by atoms with van der Waals surface area (Å²) in [6.45, 7) is 0. The molecule has 21 heavy (non-hydrogen) atoms. The van der Waals surface area contributed by atoms with E-state index in [0.717, 1.165) is 25.7 Å². The number of para-hydroxylation sites is 1. The zero-order chi connectivity index (χ0) is 15.0. The van der Waals surface area contributed by atoms with Crippen molar-refractivity contribution >= 4 is 16.9 Å². The van der Waals surface area contributed by atoms with E-state index in [9.17, 15) is 14.0 Å². The van der Waals surface area contributed by atoms with E-state index in [0.29, 0.717) is 11.1 Å². The maximum atomic E-state index is 14.3. The van der Waals surface area contributed by atoms with Gasteiger partial charge in [0.1, 0.15) is 5.82 Å². The van der Waals surface area contributed by atoms with E-state index in [-0.39, 0.29) is 23.4 Å². The Morgan fingerprint density at radius 2 is 2.05 bits per heavy atom. The first kappa shape index (κ1) is 13.8. The van der Waals surface area contributed by atoms with E-state index >= 15 is 0 Å². The highest BCUT2D eigenvalue weighted by molar-refractivity contribution is 5.81. The molecule has 1 N–H and O–H groups in total. The number of aliphatic carboxylic acids is 1. The zero-order valence-electron chi connectivity index (χ0n) is 11.5. The van der Waals surface area contributed by atoms with Crippen molar-refractivity contribution in [1.82, 2.24) is 4.57 Å². The number of hydrogen-bond donors (Lipinski definition) is 1. The van der Waals surface area contributed by atoms with E-state index in [4.69, 9.17) is 5.11 Å². The molecule has 110 valence electrons. The Labute approximate surface area is 120 Å². The second kappa shape index (κ2) is 5.31. The molecule has 5 heteroatoms. The first-order valence-electron chi connectivity index (χ1n) is 7.12. The molecule has 1 aliphatic carbocycles. The summed E-state index contributed by atoms with van der Waals surface area (Å²) in [5.41, 5.74) is 0.306. The molecule has 0 atom stereocenters. The van der Waals surface area contributed by atoms with Gasteiger partial charge in [0.25, 0.3) is 0 Å². The Hall–Kier alpha value is -2.17. The summed E-state index contributed by atoms with van der Waals surface area (Å²) < 4.78 is 16.0. The summed E-state index contributed by atoms with van der Waals surface area (Å²) in [5, 5.41) is 9.37. The van der Waals surface area contributed by atoms with Crippen LogP contribution < -0.4 is 5.43 Å². The van der Waals surface area contributed by atoms with Gasteiger partial charge in [0.2, 0.25) is 0 Å². The van der Waals surface area contributed by atoms with Gasteiger partial charge in [0.05, 0.1) is 11.9 Å². The van der Waals surface area contributed by atoms with Crippen molar-refractivity contribution in [2.24, 2.45) is 0 Å². The highest BCUT2D eigenvalue weighted by Crippen LogP contribution is 2.33. The van der Waals surface area contributed by atoms with Crippen LogP contribution in [0.4, 0.5) is 4.39 Å². The molecule has 1 heterocycles. The van der Waals surface area contributed by atoms with E-state index in [1.165, 1.54) is 18.2 Å². The topological polar surface area (TPSA) is 59.3 Å². The van der Waals surface area contributed by atoms with E-state index in [1.54, 1.807) is 10.6 Å². The molecule has 0 amide bonds. The zero-order valence-corrected chi connectivity index (χ0v) is 11.5. The Balaban J connectivity index is 2.34. The van der Waals surface area contributed by atoms with Gasteiger partial charge in [-0.2, -0.15) is 0 Å². The molecule has 4 nitrogen and oxygen atoms in total. The van der Waals surface area contributed by atoms with Crippen LogP contribution in [-0.2, 0) is 11.2 Å². The van der Waals surface area contributed by atoms with E-state index < -0.39 is 11.8 Å². The number of fused-ring (bicyclic) bond motifs is 1. The van der Waals surface area contributed by atoms with Crippen molar-refractivity contribution in [3.05, 3.63) is 46.0 Å². The Kier molecular flexibility index (Phi) is 3.49. The molecule has 0 saturated heterocycles. The van der Waals surface area contributed by atoms with Crippen LogP contribution in [0.1, 0.15) is 37.4 Å². The normalized spacial score (nSPS) is 15.7. The Morgan fingerprint density at radius 1 is 1.33 bits per heavy atom. The molecular formula is C16H16FNO3. The van der Waals surface area contributed by atoms with Gasteiger partial charge in [-0.05, 0) is 25.0 Å². The minimum absolute atomic E-state index is 0.0688. The Morgan fingerprint density at radius 3 is 2.71 bits per heavy atom. The van der Waals surface area contributed by atoms with Crippen LogP contribution in [0.2, 0.25) is 0 Å². The van der Waals surface area contributed by atoms with Crippen LogP contribution in [0.15, 0.2) is 29.1 Å². The number of benzene rings is 1. The fourth-order valence-electron chi connectivity index (χ4n) is 3.27. The van der Waals surface area contributed by atoms with Gasteiger partial charge in [-0.1, -0.05) is 18.9 Å². The van der Waals surface area contributed by atoms with Crippen molar-refractivity contribution in [2.45, 2.75) is 38.1 Å². The first-order chi connectivity index (χ1) is 10.1. The summed E-state index contributed by atoms with van der Waals surface area (Å²) in [4.78, 5) is 23.2. The lowest BCUT2D eigenvalue weighted by Gasteiger charge is -2.22. The molecule has 1 aromatic heterocycles. The van der Waals surface area contributed by atoms with Crippen molar-refractivity contribution in [3.8, 4) is 0 Å². The summed E-state index contributed by atoms with van der Waals surface area (Å²) in [7, 11) is 0. The predicted molar refractivity (Wildman–Crippen MR) is 77.0 cm³/mol. The number of aromatic nitrogens is 1. The lowest BCUT2D eigenvalue weighted by molar-refractivity contribution is -0.136. The highest BCUT2D eigenvalue weighted by Gasteiger charge is 2.23. The van der Waals surface area contributed by atoms with Crippen molar-refractivity contribution in [2.75, 3.05) is 0 Å². The van der Waals surface area contributed by atoms with Crippen LogP contribution >= 0.6 is 0 Å². The molecule has 0 radical (unpaired) electrons. The number of carboxylic acid groups (broad SMARTS) is 1. The van der Waals surface area contributed by atoms with Gasteiger partial charge in [-0.3, -0.25) is 9.59 Å². The van der Waals surface area contributed by atoms with E-state index in [2.05, 4.69) is 0 Å². The molecule has 1 aliphatic rings. The van der Waals surface area contributed by atoms with Crippen LogP contribution in [0, 0.1) is 5.82 Å². The smallest absolute Gasteiger partial charge is 0.309 e. The van der Waals surface area contributed by atoms with E-state index in [1.807, 2.05) is 0 Å². The van der Waals surface area contributed by atoms with Gasteiger partial charge in [0.15, 0.2) is 5.43 Å². The van der Waals surface area contributed by atoms with Crippen LogP contribution in [0.5, 0.6) is 0 Å². The third-order valence-electron chi connectivity index (χ3n) is 4.12. The van der Waals surface area contributed by atoms with Crippen molar-refractivity contribution in [1.29, 1.82) is 0 Å². The maximum absolute atomic E-state index is 14.3. The number of carboxylic acids is 1. The van der Waals surface area contributed by atoms with Gasteiger partial charge < -0.3 is 9.67 Å². The second-order valence-electron chi connectivity index (χ2n) is 5.51. The van der Waals surface area contributed by atoms with Crippen molar-refractivity contribution < 1.29 is 14.3 Å². The summed E-state index contributed by atoms with van der Waals surface area (Å²) in [5.74, 6) is -1.49. The van der Waals surface area contributed by atoms with Gasteiger partial charge in [-0.15, -0.1) is 0 Å². The largest absolute Gasteiger partial charge is 0.481 e.